The summed E-state index contributed by atoms with van der Waals surface area (Å²) in [5, 5.41) is 18.9. The third kappa shape index (κ3) is 5.37. The van der Waals surface area contributed by atoms with Crippen LogP contribution in [-0.4, -0.2) is 35.3 Å². The van der Waals surface area contributed by atoms with Crippen molar-refractivity contribution in [2.24, 2.45) is 0 Å². The Morgan fingerprint density at radius 3 is 2.23 bits per heavy atom. The van der Waals surface area contributed by atoms with Gasteiger partial charge in [-0.2, -0.15) is 0 Å². The molecule has 0 saturated heterocycles. The summed E-state index contributed by atoms with van der Waals surface area (Å²) in [4.78, 5) is 24.2. The van der Waals surface area contributed by atoms with E-state index in [1.165, 1.54) is 16.9 Å². The fraction of sp³-hybridized carbons (Fsp3) is 0.182. The molecule has 0 aliphatic carbocycles. The maximum absolute atomic E-state index is 12.3. The van der Waals surface area contributed by atoms with Gasteiger partial charge in [-0.3, -0.25) is 10.0 Å². The first-order valence-corrected chi connectivity index (χ1v) is 10.5. The van der Waals surface area contributed by atoms with Gasteiger partial charge in [-0.1, -0.05) is 43.3 Å². The standard InChI is InChI=1S/C22H24N4O3S/c1-2-15-3-5-16(6-4-15)17-7-9-18(10-8-17)21(27)24-11-12-26(29)22(28)25-20-14-30-13-19(20)23/h3-10,13-14,29H,2,11-12,23H2,1H3,(H,24,27)(H,25,28). The summed E-state index contributed by atoms with van der Waals surface area (Å²) in [5.74, 6) is -0.279. The van der Waals surface area contributed by atoms with E-state index in [2.05, 4.69) is 41.8 Å². The second-order valence-corrected chi connectivity index (χ2v) is 7.42. The van der Waals surface area contributed by atoms with Gasteiger partial charge in [-0.25, -0.2) is 9.86 Å². The zero-order valence-corrected chi connectivity index (χ0v) is 17.4. The number of nitrogens with zero attached hydrogens (tertiary/aromatic N) is 1. The molecular weight excluding hydrogens is 400 g/mol. The third-order valence-electron chi connectivity index (χ3n) is 4.62. The van der Waals surface area contributed by atoms with E-state index in [9.17, 15) is 14.8 Å². The fourth-order valence-corrected chi connectivity index (χ4v) is 3.49. The maximum Gasteiger partial charge on any atom is 0.345 e. The molecule has 30 heavy (non-hydrogen) atoms. The normalized spacial score (nSPS) is 10.5. The molecule has 156 valence electrons. The zero-order chi connectivity index (χ0) is 21.5. The minimum atomic E-state index is -0.715. The van der Waals surface area contributed by atoms with Gasteiger partial charge in [0.2, 0.25) is 0 Å². The largest absolute Gasteiger partial charge is 0.396 e. The van der Waals surface area contributed by atoms with Crippen LogP contribution in [0.5, 0.6) is 0 Å². The summed E-state index contributed by atoms with van der Waals surface area (Å²) in [6, 6.07) is 14.9. The molecule has 7 nitrogen and oxygen atoms in total. The molecule has 0 fully saturated rings. The van der Waals surface area contributed by atoms with Crippen molar-refractivity contribution in [3.8, 4) is 11.1 Å². The first-order valence-electron chi connectivity index (χ1n) is 9.54. The van der Waals surface area contributed by atoms with Gasteiger partial charge in [0, 0.05) is 22.9 Å². The van der Waals surface area contributed by atoms with E-state index in [1.807, 2.05) is 12.1 Å². The van der Waals surface area contributed by atoms with Gasteiger partial charge < -0.3 is 16.4 Å². The summed E-state index contributed by atoms with van der Waals surface area (Å²) >= 11 is 1.34. The molecular formula is C22H24N4O3S. The summed E-state index contributed by atoms with van der Waals surface area (Å²) in [7, 11) is 0. The second-order valence-electron chi connectivity index (χ2n) is 6.68. The predicted octanol–water partition coefficient (Wildman–Crippen LogP) is 4.21. The van der Waals surface area contributed by atoms with Gasteiger partial charge in [-0.15, -0.1) is 11.3 Å². The van der Waals surface area contributed by atoms with Gasteiger partial charge in [0.1, 0.15) is 0 Å². The van der Waals surface area contributed by atoms with Crippen LogP contribution in [0.15, 0.2) is 59.3 Å². The summed E-state index contributed by atoms with van der Waals surface area (Å²) in [6.45, 7) is 2.15. The molecule has 2 aromatic carbocycles. The van der Waals surface area contributed by atoms with Crippen molar-refractivity contribution >= 4 is 34.6 Å². The molecule has 3 aromatic rings. The van der Waals surface area contributed by atoms with E-state index in [0.717, 1.165) is 17.5 Å². The number of benzene rings is 2. The van der Waals surface area contributed by atoms with E-state index in [4.69, 9.17) is 5.73 Å². The average molecular weight is 425 g/mol. The molecule has 0 aliphatic heterocycles. The average Bonchev–Trinajstić information content (AvgIpc) is 3.18. The van der Waals surface area contributed by atoms with Crippen molar-refractivity contribution in [1.82, 2.24) is 10.4 Å². The van der Waals surface area contributed by atoms with Crippen molar-refractivity contribution in [3.63, 3.8) is 0 Å². The summed E-state index contributed by atoms with van der Waals surface area (Å²) < 4.78 is 0. The van der Waals surface area contributed by atoms with Gasteiger partial charge in [0.15, 0.2) is 0 Å². The second kappa shape index (κ2) is 9.91. The van der Waals surface area contributed by atoms with Crippen LogP contribution < -0.4 is 16.4 Å². The lowest BCUT2D eigenvalue weighted by Gasteiger charge is -2.16. The highest BCUT2D eigenvalue weighted by atomic mass is 32.1. The first-order chi connectivity index (χ1) is 14.5. The van der Waals surface area contributed by atoms with Gasteiger partial charge >= 0.3 is 6.03 Å². The Morgan fingerprint density at radius 2 is 1.67 bits per heavy atom. The molecule has 0 radical (unpaired) electrons. The number of anilines is 2. The minimum absolute atomic E-state index is 0.0660. The SMILES string of the molecule is CCc1ccc(-c2ccc(C(=O)NCCN(O)C(=O)Nc3cscc3N)cc2)cc1. The van der Waals surface area contributed by atoms with Crippen molar-refractivity contribution < 1.29 is 14.8 Å². The predicted molar refractivity (Wildman–Crippen MR) is 120 cm³/mol. The van der Waals surface area contributed by atoms with Crippen molar-refractivity contribution in [2.45, 2.75) is 13.3 Å². The number of carbonyl (C=O) groups is 2. The van der Waals surface area contributed by atoms with Crippen LogP contribution in [0.3, 0.4) is 0 Å². The lowest BCUT2D eigenvalue weighted by Crippen LogP contribution is -2.38. The van der Waals surface area contributed by atoms with Crippen molar-refractivity contribution in [3.05, 3.63) is 70.4 Å². The van der Waals surface area contributed by atoms with E-state index >= 15 is 0 Å². The highest BCUT2D eigenvalue weighted by Gasteiger charge is 2.13. The quantitative estimate of drug-likeness (QED) is 0.336. The highest BCUT2D eigenvalue weighted by Crippen LogP contribution is 2.23. The molecule has 3 rings (SSSR count). The molecule has 8 heteroatoms. The van der Waals surface area contributed by atoms with Gasteiger partial charge in [-0.05, 0) is 35.2 Å². The smallest absolute Gasteiger partial charge is 0.345 e. The highest BCUT2D eigenvalue weighted by molar-refractivity contribution is 7.09. The molecule has 5 N–H and O–H groups in total. The lowest BCUT2D eigenvalue weighted by molar-refractivity contribution is -0.0355. The molecule has 0 saturated carbocycles. The first kappa shape index (κ1) is 21.4. The number of hydrogen-bond acceptors (Lipinski definition) is 5. The number of aryl methyl sites for hydroxylation is 1. The van der Waals surface area contributed by atoms with Crippen LogP contribution >= 0.6 is 11.3 Å². The summed E-state index contributed by atoms with van der Waals surface area (Å²) in [5.41, 5.74) is 10.5. The third-order valence-corrected chi connectivity index (χ3v) is 5.38. The topological polar surface area (TPSA) is 108 Å². The molecule has 3 amide bonds. The fourth-order valence-electron chi connectivity index (χ4n) is 2.81. The Kier molecular flexibility index (Phi) is 7.05. The molecule has 1 aromatic heterocycles. The number of carbonyl (C=O) groups excluding carboxylic acids is 2. The Balaban J connectivity index is 1.48. The Labute approximate surface area is 179 Å². The summed E-state index contributed by atoms with van der Waals surface area (Å²) in [6.07, 6.45) is 0.994. The Morgan fingerprint density at radius 1 is 1.03 bits per heavy atom. The number of nitrogen functional groups attached to an aromatic ring is 1. The van der Waals surface area contributed by atoms with Gasteiger partial charge in [0.25, 0.3) is 5.91 Å². The van der Waals surface area contributed by atoms with Crippen LogP contribution in [0.1, 0.15) is 22.8 Å². The molecule has 0 unspecified atom stereocenters. The van der Waals surface area contributed by atoms with Crippen LogP contribution in [-0.2, 0) is 6.42 Å². The van der Waals surface area contributed by atoms with Crippen LogP contribution in [0.25, 0.3) is 11.1 Å². The number of nitrogens with two attached hydrogens (primary N) is 1. The number of urea groups is 1. The lowest BCUT2D eigenvalue weighted by atomic mass is 10.0. The number of amides is 3. The zero-order valence-electron chi connectivity index (χ0n) is 16.6. The van der Waals surface area contributed by atoms with Crippen LogP contribution in [0.4, 0.5) is 16.2 Å². The number of thiophene rings is 1. The van der Waals surface area contributed by atoms with Crippen molar-refractivity contribution in [1.29, 1.82) is 0 Å². The molecule has 0 atom stereocenters. The minimum Gasteiger partial charge on any atom is -0.396 e. The number of hydroxylamine groups is 2. The monoisotopic (exact) mass is 424 g/mol. The van der Waals surface area contributed by atoms with Crippen LogP contribution in [0.2, 0.25) is 0 Å². The number of hydrogen-bond donors (Lipinski definition) is 4. The van der Waals surface area contributed by atoms with Gasteiger partial charge in [0.05, 0.1) is 17.9 Å². The van der Waals surface area contributed by atoms with E-state index in [0.29, 0.717) is 22.0 Å². The molecule has 1 heterocycles. The molecule has 0 spiro atoms. The number of rotatable bonds is 7. The maximum atomic E-state index is 12.3. The van der Waals surface area contributed by atoms with Crippen LogP contribution in [0, 0.1) is 0 Å². The Hall–Kier alpha value is -3.36. The van der Waals surface area contributed by atoms with Crippen molar-refractivity contribution in [2.75, 3.05) is 24.1 Å². The number of nitrogens with one attached hydrogen (secondary N) is 2. The molecule has 0 aliphatic rings. The molecule has 0 bridgehead atoms. The Bertz CT molecular complexity index is 1000. The van der Waals surface area contributed by atoms with E-state index in [1.54, 1.807) is 22.9 Å². The van der Waals surface area contributed by atoms with E-state index < -0.39 is 6.03 Å². The van der Waals surface area contributed by atoms with E-state index in [-0.39, 0.29) is 19.0 Å².